The third kappa shape index (κ3) is 2.38. The fraction of sp³-hybridized carbons (Fsp3) is 0.300. The van der Waals surface area contributed by atoms with E-state index in [0.29, 0.717) is 5.92 Å². The molecule has 0 radical (unpaired) electrons. The molecular weight excluding hydrogens is 388 g/mol. The molecule has 0 aliphatic carbocycles. The molecule has 2 heteroatoms. The highest BCUT2D eigenvalue weighted by Gasteiger charge is 2.27. The number of aromatic nitrogens is 2. The van der Waals surface area contributed by atoms with Gasteiger partial charge in [0.1, 0.15) is 7.05 Å². The van der Waals surface area contributed by atoms with E-state index in [4.69, 9.17) is 0 Å². The number of aryl methyl sites for hydroxylation is 5. The Labute approximate surface area is 189 Å². The Morgan fingerprint density at radius 1 is 0.844 bits per heavy atom. The van der Waals surface area contributed by atoms with Gasteiger partial charge in [-0.2, -0.15) is 0 Å². The van der Waals surface area contributed by atoms with Crippen molar-refractivity contribution in [3.05, 3.63) is 70.4 Å². The zero-order chi connectivity index (χ0) is 22.5. The molecule has 0 aliphatic heterocycles. The van der Waals surface area contributed by atoms with Gasteiger partial charge < -0.3 is 4.40 Å². The second-order valence-corrected chi connectivity index (χ2v) is 10.3. The summed E-state index contributed by atoms with van der Waals surface area (Å²) in [7, 11) is 2.20. The first-order valence-electron chi connectivity index (χ1n) is 11.8. The number of hydrogen-bond donors (Lipinski definition) is 0. The molecular formula is C30H31N2+. The van der Waals surface area contributed by atoms with Crippen LogP contribution in [0.25, 0.3) is 49.0 Å². The van der Waals surface area contributed by atoms with E-state index in [9.17, 15) is 0 Å². The number of pyridine rings is 2. The van der Waals surface area contributed by atoms with Gasteiger partial charge in [0.15, 0.2) is 6.20 Å². The maximum Gasteiger partial charge on any atom is 0.224 e. The zero-order valence-electron chi connectivity index (χ0n) is 20.2. The molecule has 6 aromatic rings. The molecule has 6 rings (SSSR count). The van der Waals surface area contributed by atoms with Crippen molar-refractivity contribution in [1.82, 2.24) is 4.40 Å². The SMILES string of the molecule is Cc1ccc2c3c(CC(C)C)cc4cc[n+](C)c5c6c(C)c(C)cc(C)c6n(c2c1)c3c45. The lowest BCUT2D eigenvalue weighted by Crippen LogP contribution is -2.29. The van der Waals surface area contributed by atoms with Gasteiger partial charge in [-0.3, -0.25) is 0 Å². The van der Waals surface area contributed by atoms with Crippen LogP contribution in [0.5, 0.6) is 0 Å². The van der Waals surface area contributed by atoms with Crippen LogP contribution >= 0.6 is 0 Å². The molecule has 0 bridgehead atoms. The second-order valence-electron chi connectivity index (χ2n) is 10.3. The first-order valence-corrected chi connectivity index (χ1v) is 11.8. The summed E-state index contributed by atoms with van der Waals surface area (Å²) in [6, 6.07) is 14.1. The fourth-order valence-corrected chi connectivity index (χ4v) is 6.04. The summed E-state index contributed by atoms with van der Waals surface area (Å²) >= 11 is 0. The van der Waals surface area contributed by atoms with Gasteiger partial charge in [0.25, 0.3) is 0 Å². The van der Waals surface area contributed by atoms with E-state index >= 15 is 0 Å². The third-order valence-corrected chi connectivity index (χ3v) is 7.47. The fourth-order valence-electron chi connectivity index (χ4n) is 6.04. The molecule has 0 aliphatic rings. The summed E-state index contributed by atoms with van der Waals surface area (Å²) in [5.74, 6) is 0.612. The number of rotatable bonds is 2. The van der Waals surface area contributed by atoms with Crippen LogP contribution in [0.15, 0.2) is 42.6 Å². The summed E-state index contributed by atoms with van der Waals surface area (Å²) < 4.78 is 4.93. The van der Waals surface area contributed by atoms with Crippen molar-refractivity contribution in [1.29, 1.82) is 0 Å². The molecule has 0 atom stereocenters. The average Bonchev–Trinajstić information content (AvgIpc) is 3.06. The van der Waals surface area contributed by atoms with E-state index in [-0.39, 0.29) is 0 Å². The topological polar surface area (TPSA) is 8.29 Å². The molecule has 2 nitrogen and oxygen atoms in total. The largest absolute Gasteiger partial charge is 0.307 e. The van der Waals surface area contributed by atoms with Gasteiger partial charge in [-0.15, -0.1) is 0 Å². The predicted molar refractivity (Wildman–Crippen MR) is 137 cm³/mol. The molecule has 0 N–H and O–H groups in total. The summed E-state index contributed by atoms with van der Waals surface area (Å²) in [6.45, 7) is 13.7. The van der Waals surface area contributed by atoms with Crippen LogP contribution < -0.4 is 4.57 Å². The van der Waals surface area contributed by atoms with E-state index in [1.807, 2.05) is 0 Å². The minimum Gasteiger partial charge on any atom is -0.307 e. The summed E-state index contributed by atoms with van der Waals surface area (Å²) in [5, 5.41) is 6.96. The van der Waals surface area contributed by atoms with Crippen molar-refractivity contribution in [2.45, 2.75) is 48.0 Å². The van der Waals surface area contributed by atoms with E-state index in [1.54, 1.807) is 0 Å². The average molecular weight is 420 g/mol. The second kappa shape index (κ2) is 6.45. The van der Waals surface area contributed by atoms with Crippen molar-refractivity contribution in [3.63, 3.8) is 0 Å². The molecule has 160 valence electrons. The Balaban J connectivity index is 2.08. The van der Waals surface area contributed by atoms with Gasteiger partial charge in [-0.1, -0.05) is 32.0 Å². The molecule has 32 heavy (non-hydrogen) atoms. The van der Waals surface area contributed by atoms with E-state index in [1.165, 1.54) is 76.8 Å². The molecule has 3 aromatic heterocycles. The van der Waals surface area contributed by atoms with Crippen LogP contribution in [-0.2, 0) is 13.5 Å². The van der Waals surface area contributed by atoms with Gasteiger partial charge in [-0.05, 0) is 85.4 Å². The molecule has 0 unspecified atom stereocenters. The highest BCUT2D eigenvalue weighted by molar-refractivity contribution is 6.28. The molecule has 0 saturated carbocycles. The molecule has 3 aromatic carbocycles. The summed E-state index contributed by atoms with van der Waals surface area (Å²) in [4.78, 5) is 0. The summed E-state index contributed by atoms with van der Waals surface area (Å²) in [5.41, 5.74) is 12.3. The normalized spacial score (nSPS) is 12.6. The Bertz CT molecular complexity index is 1710. The highest BCUT2D eigenvalue weighted by atomic mass is 15.0. The lowest BCUT2D eigenvalue weighted by atomic mass is 9.91. The van der Waals surface area contributed by atoms with Crippen molar-refractivity contribution in [2.75, 3.05) is 0 Å². The Morgan fingerprint density at radius 3 is 2.38 bits per heavy atom. The van der Waals surface area contributed by atoms with E-state index < -0.39 is 0 Å². The molecule has 3 heterocycles. The quantitative estimate of drug-likeness (QED) is 0.159. The Morgan fingerprint density at radius 2 is 1.62 bits per heavy atom. The van der Waals surface area contributed by atoms with Crippen LogP contribution in [0.4, 0.5) is 0 Å². The molecule has 0 fully saturated rings. The Kier molecular flexibility index (Phi) is 3.94. The Hall–Kier alpha value is -3.13. The minimum absolute atomic E-state index is 0.612. The van der Waals surface area contributed by atoms with Crippen molar-refractivity contribution < 1.29 is 4.57 Å². The van der Waals surface area contributed by atoms with Gasteiger partial charge in [0.05, 0.1) is 27.3 Å². The van der Waals surface area contributed by atoms with Crippen molar-refractivity contribution >= 4 is 49.0 Å². The number of fused-ring (bicyclic) bond motifs is 6. The molecule has 0 spiro atoms. The predicted octanol–water partition coefficient (Wildman–Crippen LogP) is 7.25. The standard InChI is InChI=1S/C30H31N2/c1-16(2)12-22-15-21-10-11-31(7)29-25-20(6)18(4)14-19(5)28(25)32-24-13-17(3)8-9-23(24)26(22)30(32)27(21)29/h8-11,13-16H,12H2,1-7H3/q+1. The van der Waals surface area contributed by atoms with Gasteiger partial charge >= 0.3 is 0 Å². The van der Waals surface area contributed by atoms with Crippen LogP contribution in [0.3, 0.4) is 0 Å². The van der Waals surface area contributed by atoms with E-state index in [0.717, 1.165) is 6.42 Å². The first-order chi connectivity index (χ1) is 15.3. The van der Waals surface area contributed by atoms with Gasteiger partial charge in [0, 0.05) is 16.8 Å². The molecule has 0 saturated heterocycles. The van der Waals surface area contributed by atoms with Crippen LogP contribution in [0.1, 0.15) is 41.7 Å². The van der Waals surface area contributed by atoms with Crippen molar-refractivity contribution in [3.8, 4) is 0 Å². The number of nitrogens with zero attached hydrogens (tertiary/aromatic N) is 2. The lowest BCUT2D eigenvalue weighted by Gasteiger charge is -2.17. The number of hydrogen-bond acceptors (Lipinski definition) is 0. The third-order valence-electron chi connectivity index (χ3n) is 7.47. The van der Waals surface area contributed by atoms with Crippen LogP contribution in [0, 0.1) is 33.6 Å². The minimum atomic E-state index is 0.612. The van der Waals surface area contributed by atoms with Crippen LogP contribution in [0.2, 0.25) is 0 Å². The molecule has 0 amide bonds. The maximum atomic E-state index is 2.59. The maximum absolute atomic E-state index is 2.59. The van der Waals surface area contributed by atoms with E-state index in [2.05, 4.69) is 100 Å². The number of benzene rings is 3. The van der Waals surface area contributed by atoms with Gasteiger partial charge in [0.2, 0.25) is 5.52 Å². The monoisotopic (exact) mass is 419 g/mol. The summed E-state index contributed by atoms with van der Waals surface area (Å²) in [6.07, 6.45) is 3.33. The lowest BCUT2D eigenvalue weighted by molar-refractivity contribution is -0.643. The smallest absolute Gasteiger partial charge is 0.224 e. The highest BCUT2D eigenvalue weighted by Crippen LogP contribution is 2.44. The first kappa shape index (κ1) is 19.5. The van der Waals surface area contributed by atoms with Crippen LogP contribution in [-0.4, -0.2) is 4.40 Å². The van der Waals surface area contributed by atoms with Gasteiger partial charge in [-0.25, -0.2) is 4.57 Å². The van der Waals surface area contributed by atoms with Crippen molar-refractivity contribution in [2.24, 2.45) is 13.0 Å². The zero-order valence-corrected chi connectivity index (χ0v) is 20.2.